The van der Waals surface area contributed by atoms with E-state index in [2.05, 4.69) is 13.8 Å². The monoisotopic (exact) mass is 274 g/mol. The zero-order valence-electron chi connectivity index (χ0n) is 12.7. The van der Waals surface area contributed by atoms with Crippen molar-refractivity contribution in [2.75, 3.05) is 13.2 Å². The Balaban J connectivity index is 0.000000388. The van der Waals surface area contributed by atoms with Gasteiger partial charge in [0.05, 0.1) is 31.8 Å². The summed E-state index contributed by atoms with van der Waals surface area (Å²) in [7, 11) is 0. The number of carbonyl (C=O) groups is 1. The van der Waals surface area contributed by atoms with E-state index in [-0.39, 0.29) is 12.4 Å². The Morgan fingerprint density at radius 3 is 2.42 bits per heavy atom. The molecule has 0 aromatic heterocycles. The summed E-state index contributed by atoms with van der Waals surface area (Å²) >= 11 is 0. The molecule has 0 spiro atoms. The van der Waals surface area contributed by atoms with E-state index in [4.69, 9.17) is 9.47 Å². The highest BCUT2D eigenvalue weighted by molar-refractivity contribution is 5.69. The number of rotatable bonds is 9. The summed E-state index contributed by atoms with van der Waals surface area (Å²) in [5, 5.41) is 9.28. The van der Waals surface area contributed by atoms with Crippen molar-refractivity contribution in [1.29, 1.82) is 0 Å². The van der Waals surface area contributed by atoms with Gasteiger partial charge in [-0.2, -0.15) is 0 Å². The first kappa shape index (κ1) is 18.4. The lowest BCUT2D eigenvalue weighted by Gasteiger charge is -2.08. The van der Waals surface area contributed by atoms with Gasteiger partial charge in [0, 0.05) is 0 Å². The average molecular weight is 274 g/mol. The standard InChI is InChI=1S/C9H18O3.C6H12O/c1-3-5-6-8(10)7-9(11)12-4-2;1-2-3-4-6-5-7-6/h8,10H,3-7H2,1-2H3;6H,2-5H2,1H3/t8-;6-/m11/s1. The van der Waals surface area contributed by atoms with E-state index < -0.39 is 6.10 Å². The highest BCUT2D eigenvalue weighted by Gasteiger charge is 2.20. The third-order valence-electron chi connectivity index (χ3n) is 2.88. The van der Waals surface area contributed by atoms with Crippen molar-refractivity contribution in [3.63, 3.8) is 0 Å². The summed E-state index contributed by atoms with van der Waals surface area (Å²) in [5.41, 5.74) is 0. The van der Waals surface area contributed by atoms with Gasteiger partial charge < -0.3 is 14.6 Å². The second kappa shape index (κ2) is 12.4. The number of epoxide rings is 1. The fraction of sp³-hybridized carbons (Fsp3) is 0.933. The number of aliphatic hydroxyl groups is 1. The Kier molecular flexibility index (Phi) is 12.0. The maximum atomic E-state index is 10.8. The topological polar surface area (TPSA) is 59.1 Å². The lowest BCUT2D eigenvalue weighted by atomic mass is 10.1. The summed E-state index contributed by atoms with van der Waals surface area (Å²) in [5.74, 6) is -0.305. The third kappa shape index (κ3) is 13.6. The Morgan fingerprint density at radius 2 is 1.95 bits per heavy atom. The van der Waals surface area contributed by atoms with Crippen molar-refractivity contribution < 1.29 is 19.4 Å². The van der Waals surface area contributed by atoms with Crippen LogP contribution in [-0.4, -0.2) is 36.5 Å². The van der Waals surface area contributed by atoms with Crippen LogP contribution in [0.3, 0.4) is 0 Å². The molecule has 1 rings (SSSR count). The maximum Gasteiger partial charge on any atom is 0.308 e. The van der Waals surface area contributed by atoms with E-state index in [1.165, 1.54) is 19.3 Å². The highest BCUT2D eigenvalue weighted by atomic mass is 16.6. The van der Waals surface area contributed by atoms with Crippen molar-refractivity contribution >= 4 is 5.97 Å². The number of ether oxygens (including phenoxy) is 2. The fourth-order valence-corrected chi connectivity index (χ4v) is 1.62. The molecule has 1 heterocycles. The zero-order chi connectivity index (χ0) is 14.5. The molecule has 1 aliphatic heterocycles. The van der Waals surface area contributed by atoms with Crippen LogP contribution in [0.25, 0.3) is 0 Å². The van der Waals surface area contributed by atoms with Crippen LogP contribution in [-0.2, 0) is 14.3 Å². The van der Waals surface area contributed by atoms with Crippen molar-refractivity contribution in [3.05, 3.63) is 0 Å². The second-order valence-corrected chi connectivity index (χ2v) is 4.90. The van der Waals surface area contributed by atoms with Gasteiger partial charge >= 0.3 is 5.97 Å². The van der Waals surface area contributed by atoms with Gasteiger partial charge in [0.1, 0.15) is 0 Å². The predicted molar refractivity (Wildman–Crippen MR) is 76.0 cm³/mol. The number of unbranched alkanes of at least 4 members (excludes halogenated alkanes) is 2. The van der Waals surface area contributed by atoms with E-state index in [1.54, 1.807) is 6.92 Å². The molecule has 1 saturated heterocycles. The van der Waals surface area contributed by atoms with Crippen LogP contribution in [0.15, 0.2) is 0 Å². The quantitative estimate of drug-likeness (QED) is 0.518. The van der Waals surface area contributed by atoms with Crippen molar-refractivity contribution in [3.8, 4) is 0 Å². The van der Waals surface area contributed by atoms with Crippen LogP contribution in [0.2, 0.25) is 0 Å². The van der Waals surface area contributed by atoms with Crippen molar-refractivity contribution in [2.24, 2.45) is 0 Å². The zero-order valence-corrected chi connectivity index (χ0v) is 12.7. The molecule has 1 aliphatic rings. The molecule has 0 radical (unpaired) electrons. The second-order valence-electron chi connectivity index (χ2n) is 4.90. The van der Waals surface area contributed by atoms with Gasteiger partial charge in [-0.05, 0) is 19.8 Å². The largest absolute Gasteiger partial charge is 0.466 e. The highest BCUT2D eigenvalue weighted by Crippen LogP contribution is 2.15. The molecule has 0 aromatic carbocycles. The predicted octanol–water partition coefficient (Wildman–Crippen LogP) is 3.07. The first-order valence-corrected chi connectivity index (χ1v) is 7.59. The minimum Gasteiger partial charge on any atom is -0.466 e. The van der Waals surface area contributed by atoms with Gasteiger partial charge in [-0.3, -0.25) is 4.79 Å². The Hall–Kier alpha value is -0.610. The molecule has 19 heavy (non-hydrogen) atoms. The molecule has 0 unspecified atom stereocenters. The molecule has 0 saturated carbocycles. The molecule has 0 amide bonds. The van der Waals surface area contributed by atoms with Gasteiger partial charge in [-0.1, -0.05) is 39.5 Å². The van der Waals surface area contributed by atoms with Crippen LogP contribution in [0.4, 0.5) is 0 Å². The van der Waals surface area contributed by atoms with Gasteiger partial charge in [0.15, 0.2) is 0 Å². The van der Waals surface area contributed by atoms with Gasteiger partial charge in [-0.25, -0.2) is 0 Å². The summed E-state index contributed by atoms with van der Waals surface area (Å²) in [4.78, 5) is 10.8. The number of aliphatic hydroxyl groups excluding tert-OH is 1. The summed E-state index contributed by atoms with van der Waals surface area (Å²) in [6.07, 6.45) is 6.88. The molecular weight excluding hydrogens is 244 g/mol. The fourth-order valence-electron chi connectivity index (χ4n) is 1.62. The third-order valence-corrected chi connectivity index (χ3v) is 2.88. The van der Waals surface area contributed by atoms with Crippen molar-refractivity contribution in [2.45, 2.75) is 77.9 Å². The molecule has 1 fully saturated rings. The molecule has 1 N–H and O–H groups in total. The number of esters is 1. The first-order valence-electron chi connectivity index (χ1n) is 7.59. The summed E-state index contributed by atoms with van der Waals surface area (Å²) < 4.78 is 9.70. The SMILES string of the molecule is CCCC[C@@H](O)CC(=O)OCC.CCCC[C@@H]1CO1. The van der Waals surface area contributed by atoms with E-state index in [9.17, 15) is 9.90 Å². The molecule has 0 bridgehead atoms. The van der Waals surface area contributed by atoms with Crippen molar-refractivity contribution in [1.82, 2.24) is 0 Å². The van der Waals surface area contributed by atoms with Crippen LogP contribution in [0.5, 0.6) is 0 Å². The lowest BCUT2D eigenvalue weighted by molar-refractivity contribution is -0.145. The maximum absolute atomic E-state index is 10.8. The Bertz CT molecular complexity index is 214. The van der Waals surface area contributed by atoms with E-state index in [1.807, 2.05) is 0 Å². The van der Waals surface area contributed by atoms with Gasteiger partial charge in [0.25, 0.3) is 0 Å². The minimum atomic E-state index is -0.524. The Labute approximate surface area is 117 Å². The molecule has 2 atom stereocenters. The molecule has 0 aliphatic carbocycles. The average Bonchev–Trinajstić information content (AvgIpc) is 3.19. The van der Waals surface area contributed by atoms with Gasteiger partial charge in [0.2, 0.25) is 0 Å². The van der Waals surface area contributed by atoms with Crippen LogP contribution in [0, 0.1) is 0 Å². The van der Waals surface area contributed by atoms with E-state index >= 15 is 0 Å². The molecule has 0 aromatic rings. The molecular formula is C15H30O4. The van der Waals surface area contributed by atoms with Crippen LogP contribution in [0.1, 0.15) is 65.7 Å². The number of hydrogen-bond acceptors (Lipinski definition) is 4. The normalized spacial score (nSPS) is 18.2. The molecule has 4 nitrogen and oxygen atoms in total. The first-order chi connectivity index (χ1) is 9.13. The van der Waals surface area contributed by atoms with E-state index in [0.717, 1.165) is 19.4 Å². The Morgan fingerprint density at radius 1 is 1.32 bits per heavy atom. The molecule has 4 heteroatoms. The number of carbonyl (C=O) groups excluding carboxylic acids is 1. The van der Waals surface area contributed by atoms with E-state index in [0.29, 0.717) is 19.1 Å². The minimum absolute atomic E-state index is 0.133. The van der Waals surface area contributed by atoms with Gasteiger partial charge in [-0.15, -0.1) is 0 Å². The summed E-state index contributed by atoms with van der Waals surface area (Å²) in [6, 6.07) is 0. The number of hydrogen-bond donors (Lipinski definition) is 1. The lowest BCUT2D eigenvalue weighted by Crippen LogP contribution is -2.15. The smallest absolute Gasteiger partial charge is 0.308 e. The van der Waals surface area contributed by atoms with Crippen LogP contribution < -0.4 is 0 Å². The van der Waals surface area contributed by atoms with Crippen LogP contribution >= 0.6 is 0 Å². The summed E-state index contributed by atoms with van der Waals surface area (Å²) in [6.45, 7) is 7.44. The molecule has 114 valence electrons.